The molecule has 0 spiro atoms. The fourth-order valence-electron chi connectivity index (χ4n) is 2.05. The van der Waals surface area contributed by atoms with Crippen LogP contribution in [0.4, 0.5) is 0 Å². The van der Waals surface area contributed by atoms with Gasteiger partial charge in [0.05, 0.1) is 0 Å². The van der Waals surface area contributed by atoms with Gasteiger partial charge in [-0.25, -0.2) is 0 Å². The van der Waals surface area contributed by atoms with Crippen LogP contribution in [0.15, 0.2) is 33.9 Å². The topological polar surface area (TPSA) is 102 Å². The first-order valence-corrected chi connectivity index (χ1v) is 8.07. The van der Waals surface area contributed by atoms with Gasteiger partial charge in [-0.1, -0.05) is 37.4 Å². The summed E-state index contributed by atoms with van der Waals surface area (Å²) in [6, 6.07) is 5.55. The summed E-state index contributed by atoms with van der Waals surface area (Å²) < 4.78 is 5.20. The Morgan fingerprint density at radius 1 is 1.29 bits per heavy atom. The zero-order valence-electron chi connectivity index (χ0n) is 13.9. The molecule has 8 heteroatoms. The molecule has 0 fully saturated rings. The minimum absolute atomic E-state index is 0. The normalized spacial score (nSPS) is 11.1. The monoisotopic (exact) mass is 444 g/mol. The molecule has 7 nitrogen and oxygen atoms in total. The van der Waals surface area contributed by atoms with E-state index in [2.05, 4.69) is 32.4 Å². The zero-order chi connectivity index (χ0) is 16.3. The molecule has 24 heavy (non-hydrogen) atoms. The van der Waals surface area contributed by atoms with Crippen molar-refractivity contribution in [1.29, 1.82) is 0 Å². The number of nitrogens with two attached hydrogens (primary N) is 1. The number of unbranched alkanes of at least 4 members (excludes halogenated alkanes) is 3. The van der Waals surface area contributed by atoms with Gasteiger partial charge in [0, 0.05) is 25.7 Å². The Bertz CT molecular complexity index is 602. The molecule has 0 unspecified atom stereocenters. The smallest absolute Gasteiger partial charge is 0.276 e. The van der Waals surface area contributed by atoms with E-state index in [-0.39, 0.29) is 24.0 Å². The van der Waals surface area contributed by atoms with Gasteiger partial charge in [0.15, 0.2) is 11.8 Å². The summed E-state index contributed by atoms with van der Waals surface area (Å²) in [6.45, 7) is 3.58. The van der Waals surface area contributed by atoms with Crippen LogP contribution in [0.5, 0.6) is 0 Å². The number of hydrogen-bond donors (Lipinski definition) is 2. The first-order valence-electron chi connectivity index (χ1n) is 8.07. The van der Waals surface area contributed by atoms with Crippen LogP contribution in [-0.2, 0) is 6.42 Å². The lowest BCUT2D eigenvalue weighted by atomic mass is 10.2. The third-order valence-corrected chi connectivity index (χ3v) is 3.30. The predicted octanol–water partition coefficient (Wildman–Crippen LogP) is 2.78. The van der Waals surface area contributed by atoms with Crippen LogP contribution in [0.3, 0.4) is 0 Å². The molecule has 2 aromatic rings. The molecule has 2 heterocycles. The highest BCUT2D eigenvalue weighted by atomic mass is 127. The van der Waals surface area contributed by atoms with Crippen LogP contribution >= 0.6 is 24.0 Å². The summed E-state index contributed by atoms with van der Waals surface area (Å²) in [4.78, 5) is 12.8. The van der Waals surface area contributed by atoms with E-state index < -0.39 is 0 Å². The Balaban J connectivity index is 0.00000288. The molecule has 0 aromatic carbocycles. The zero-order valence-corrected chi connectivity index (χ0v) is 16.3. The molecule has 2 rings (SSSR count). The second-order valence-electron chi connectivity index (χ2n) is 5.24. The molecular formula is C16H25IN6O. The van der Waals surface area contributed by atoms with Crippen LogP contribution < -0.4 is 11.1 Å². The summed E-state index contributed by atoms with van der Waals surface area (Å²) in [5.41, 5.74) is 6.49. The third-order valence-electron chi connectivity index (χ3n) is 3.30. The van der Waals surface area contributed by atoms with Gasteiger partial charge in [-0.2, -0.15) is 4.98 Å². The van der Waals surface area contributed by atoms with Crippen molar-refractivity contribution in [2.24, 2.45) is 10.7 Å². The summed E-state index contributed by atoms with van der Waals surface area (Å²) in [5.74, 6) is 1.52. The molecule has 2 aromatic heterocycles. The predicted molar refractivity (Wildman–Crippen MR) is 105 cm³/mol. The number of pyridine rings is 1. The van der Waals surface area contributed by atoms with Gasteiger partial charge in [-0.05, 0) is 18.6 Å². The third kappa shape index (κ3) is 7.24. The number of rotatable bonds is 9. The lowest BCUT2D eigenvalue weighted by Gasteiger charge is -2.03. The highest BCUT2D eigenvalue weighted by Gasteiger charge is 2.09. The number of aromatic nitrogens is 3. The highest BCUT2D eigenvalue weighted by Crippen LogP contribution is 2.12. The summed E-state index contributed by atoms with van der Waals surface area (Å²) >= 11 is 0. The lowest BCUT2D eigenvalue weighted by Crippen LogP contribution is -2.33. The number of nitrogens with zero attached hydrogens (tertiary/aromatic N) is 4. The standard InChI is InChI=1S/C16H24N6O.HI/c1-2-3-4-6-11-19-16(17)20-12-9-14-21-15(23-22-14)13-8-5-7-10-18-13;/h5,7-8,10H,2-4,6,9,11-12H2,1H3,(H3,17,19,20);1H. The fraction of sp³-hybridized carbons (Fsp3) is 0.500. The Labute approximate surface area is 159 Å². The maximum atomic E-state index is 5.81. The van der Waals surface area contributed by atoms with E-state index in [9.17, 15) is 0 Å². The average molecular weight is 444 g/mol. The van der Waals surface area contributed by atoms with Crippen molar-refractivity contribution < 1.29 is 4.52 Å². The van der Waals surface area contributed by atoms with E-state index in [1.54, 1.807) is 6.20 Å². The van der Waals surface area contributed by atoms with Crippen LogP contribution in [0.1, 0.15) is 38.4 Å². The second-order valence-corrected chi connectivity index (χ2v) is 5.24. The van der Waals surface area contributed by atoms with Gasteiger partial charge in [-0.15, -0.1) is 24.0 Å². The van der Waals surface area contributed by atoms with E-state index in [0.29, 0.717) is 36.3 Å². The molecule has 0 saturated carbocycles. The molecule has 0 radical (unpaired) electrons. The van der Waals surface area contributed by atoms with Crippen molar-refractivity contribution >= 4 is 29.9 Å². The van der Waals surface area contributed by atoms with Gasteiger partial charge in [0.1, 0.15) is 5.69 Å². The number of aliphatic imine (C=N–C) groups is 1. The minimum Gasteiger partial charge on any atom is -0.370 e. The largest absolute Gasteiger partial charge is 0.370 e. The average Bonchev–Trinajstić information content (AvgIpc) is 3.04. The first-order chi connectivity index (χ1) is 11.3. The van der Waals surface area contributed by atoms with Crippen molar-refractivity contribution in [2.75, 3.05) is 13.1 Å². The Hall–Kier alpha value is -1.71. The molecule has 3 N–H and O–H groups in total. The summed E-state index contributed by atoms with van der Waals surface area (Å²) in [6.07, 6.45) is 7.06. The van der Waals surface area contributed by atoms with E-state index in [4.69, 9.17) is 10.3 Å². The van der Waals surface area contributed by atoms with Crippen molar-refractivity contribution in [3.63, 3.8) is 0 Å². The summed E-state index contributed by atoms with van der Waals surface area (Å²) in [7, 11) is 0. The maximum Gasteiger partial charge on any atom is 0.276 e. The quantitative estimate of drug-likeness (QED) is 0.267. The molecule has 0 amide bonds. The molecule has 0 aliphatic heterocycles. The minimum atomic E-state index is 0. The number of hydrogen-bond acceptors (Lipinski definition) is 5. The molecule has 0 aliphatic rings. The van der Waals surface area contributed by atoms with Crippen molar-refractivity contribution in [3.05, 3.63) is 30.2 Å². The Morgan fingerprint density at radius 2 is 2.17 bits per heavy atom. The second kappa shape index (κ2) is 11.8. The summed E-state index contributed by atoms with van der Waals surface area (Å²) in [5, 5.41) is 7.00. The number of nitrogens with one attached hydrogen (secondary N) is 1. The number of halogens is 1. The van der Waals surface area contributed by atoms with Crippen LogP contribution in [-0.4, -0.2) is 34.2 Å². The van der Waals surface area contributed by atoms with Crippen molar-refractivity contribution in [2.45, 2.75) is 39.0 Å². The Morgan fingerprint density at radius 3 is 2.92 bits per heavy atom. The molecule has 0 bridgehead atoms. The molecule has 0 aliphatic carbocycles. The van der Waals surface area contributed by atoms with Crippen LogP contribution in [0.25, 0.3) is 11.6 Å². The number of guanidine groups is 1. The highest BCUT2D eigenvalue weighted by molar-refractivity contribution is 14.0. The van der Waals surface area contributed by atoms with Gasteiger partial charge >= 0.3 is 0 Å². The fourth-order valence-corrected chi connectivity index (χ4v) is 2.05. The van der Waals surface area contributed by atoms with Gasteiger partial charge in [-0.3, -0.25) is 9.98 Å². The maximum absolute atomic E-state index is 5.81. The van der Waals surface area contributed by atoms with E-state index in [1.165, 1.54) is 19.3 Å². The molecule has 132 valence electrons. The van der Waals surface area contributed by atoms with Crippen LogP contribution in [0, 0.1) is 0 Å². The van der Waals surface area contributed by atoms with Gasteiger partial charge < -0.3 is 15.6 Å². The lowest BCUT2D eigenvalue weighted by molar-refractivity contribution is 0.421. The Kier molecular flexibility index (Phi) is 9.97. The van der Waals surface area contributed by atoms with Gasteiger partial charge in [0.25, 0.3) is 5.89 Å². The van der Waals surface area contributed by atoms with Crippen molar-refractivity contribution in [1.82, 2.24) is 20.4 Å². The van der Waals surface area contributed by atoms with E-state index in [1.807, 2.05) is 18.2 Å². The van der Waals surface area contributed by atoms with E-state index >= 15 is 0 Å². The van der Waals surface area contributed by atoms with E-state index in [0.717, 1.165) is 13.0 Å². The first kappa shape index (κ1) is 20.3. The van der Waals surface area contributed by atoms with Crippen molar-refractivity contribution in [3.8, 4) is 11.6 Å². The SMILES string of the molecule is CCCCCCN=C(N)NCCc1noc(-c2ccccn2)n1.I. The van der Waals surface area contributed by atoms with Crippen LogP contribution in [0.2, 0.25) is 0 Å². The van der Waals surface area contributed by atoms with Gasteiger partial charge in [0.2, 0.25) is 0 Å². The molecular weight excluding hydrogens is 419 g/mol. The molecule has 0 atom stereocenters. The molecule has 0 saturated heterocycles.